The average molecular weight is 367 g/mol. The van der Waals surface area contributed by atoms with Crippen molar-refractivity contribution in [2.75, 3.05) is 13.1 Å². The summed E-state index contributed by atoms with van der Waals surface area (Å²) in [6.07, 6.45) is 2.99. The van der Waals surface area contributed by atoms with Crippen LogP contribution in [0.2, 0.25) is 0 Å². The molecule has 1 aromatic carbocycles. The topological polar surface area (TPSA) is 50.2 Å². The van der Waals surface area contributed by atoms with Gasteiger partial charge in [0.05, 0.1) is 11.6 Å². The third kappa shape index (κ3) is 3.41. The minimum Gasteiger partial charge on any atom is -0.350 e. The van der Waals surface area contributed by atoms with Crippen molar-refractivity contribution in [3.63, 3.8) is 0 Å². The van der Waals surface area contributed by atoms with Crippen molar-refractivity contribution in [1.82, 2.24) is 20.0 Å². The van der Waals surface area contributed by atoms with E-state index in [4.69, 9.17) is 0 Å². The molecular weight excluding hydrogens is 336 g/mol. The summed E-state index contributed by atoms with van der Waals surface area (Å²) >= 11 is 0. The molecule has 0 bridgehead atoms. The van der Waals surface area contributed by atoms with Gasteiger partial charge < -0.3 is 5.32 Å². The molecule has 144 valence electrons. The van der Waals surface area contributed by atoms with Crippen LogP contribution in [-0.4, -0.2) is 39.2 Å². The Balaban J connectivity index is 1.41. The lowest BCUT2D eigenvalue weighted by Crippen LogP contribution is -2.50. The van der Waals surface area contributed by atoms with Gasteiger partial charge in [-0.3, -0.25) is 14.4 Å². The first-order valence-electron chi connectivity index (χ1n) is 10.1. The number of aryl methyl sites for hydroxylation is 2. The van der Waals surface area contributed by atoms with Crippen molar-refractivity contribution in [3.8, 4) is 0 Å². The monoisotopic (exact) mass is 366 g/mol. The Morgan fingerprint density at radius 1 is 1.19 bits per heavy atom. The molecule has 1 aromatic heterocycles. The molecule has 2 aliphatic heterocycles. The van der Waals surface area contributed by atoms with Crippen LogP contribution in [0, 0.1) is 13.8 Å². The van der Waals surface area contributed by atoms with Gasteiger partial charge in [-0.1, -0.05) is 30.3 Å². The maximum Gasteiger partial charge on any atom is 0.228 e. The molecule has 1 amide bonds. The molecule has 2 aliphatic rings. The van der Waals surface area contributed by atoms with Gasteiger partial charge in [0.25, 0.3) is 0 Å². The first-order chi connectivity index (χ1) is 13.0. The van der Waals surface area contributed by atoms with Crippen LogP contribution >= 0.6 is 0 Å². The number of hydrogen-bond acceptors (Lipinski definition) is 3. The number of nitrogens with zero attached hydrogens (tertiary/aromatic N) is 3. The van der Waals surface area contributed by atoms with Crippen molar-refractivity contribution >= 4 is 5.91 Å². The third-order valence-corrected chi connectivity index (χ3v) is 6.53. The van der Waals surface area contributed by atoms with E-state index in [1.54, 1.807) is 0 Å². The molecule has 0 saturated carbocycles. The van der Waals surface area contributed by atoms with Crippen LogP contribution in [0.5, 0.6) is 0 Å². The summed E-state index contributed by atoms with van der Waals surface area (Å²) in [5.41, 5.74) is 4.92. The van der Waals surface area contributed by atoms with E-state index >= 15 is 0 Å². The maximum absolute atomic E-state index is 12.6. The number of carbonyl (C=O) groups is 1. The van der Waals surface area contributed by atoms with E-state index in [1.807, 2.05) is 18.2 Å². The van der Waals surface area contributed by atoms with Gasteiger partial charge in [0.2, 0.25) is 5.91 Å². The second-order valence-corrected chi connectivity index (χ2v) is 8.18. The summed E-state index contributed by atoms with van der Waals surface area (Å²) in [6, 6.07) is 10.2. The molecule has 2 aromatic rings. The summed E-state index contributed by atoms with van der Waals surface area (Å²) in [7, 11) is 0. The van der Waals surface area contributed by atoms with Gasteiger partial charge in [-0.05, 0) is 45.6 Å². The number of hydrogen-bond donors (Lipinski definition) is 1. The first-order valence-corrected chi connectivity index (χ1v) is 10.1. The van der Waals surface area contributed by atoms with Gasteiger partial charge in [-0.15, -0.1) is 0 Å². The summed E-state index contributed by atoms with van der Waals surface area (Å²) in [5, 5.41) is 8.01. The van der Waals surface area contributed by atoms with Crippen LogP contribution in [0.25, 0.3) is 0 Å². The summed E-state index contributed by atoms with van der Waals surface area (Å²) < 4.78 is 2.09. The number of piperidine rings is 1. The molecule has 1 N–H and O–H groups in total. The van der Waals surface area contributed by atoms with Gasteiger partial charge in [0.1, 0.15) is 0 Å². The molecule has 5 nitrogen and oxygen atoms in total. The Hall–Kier alpha value is -2.14. The molecule has 3 heterocycles. The molecule has 1 atom stereocenters. The summed E-state index contributed by atoms with van der Waals surface area (Å²) in [5.74, 6) is 0.204. The molecule has 2 fully saturated rings. The van der Waals surface area contributed by atoms with Gasteiger partial charge in [-0.2, -0.15) is 5.10 Å². The number of benzene rings is 1. The molecule has 2 saturated heterocycles. The van der Waals surface area contributed by atoms with E-state index in [-0.39, 0.29) is 17.4 Å². The van der Waals surface area contributed by atoms with Crippen LogP contribution in [0.4, 0.5) is 0 Å². The van der Waals surface area contributed by atoms with Crippen LogP contribution in [-0.2, 0) is 17.9 Å². The number of carbonyl (C=O) groups excluding carboxylic acids is 1. The van der Waals surface area contributed by atoms with Crippen molar-refractivity contribution in [2.24, 2.45) is 0 Å². The standard InChI is InChI=1S/C22H30N4O/c1-4-26-17(3)20(16(2)24-26)15-25-12-10-22(11-13-25)14-19(21(27)23-22)18-8-6-5-7-9-18/h5-9,19H,4,10-15H2,1-3H3,(H,23,27)/t19-/m1/s1. The van der Waals surface area contributed by atoms with E-state index in [0.717, 1.165) is 56.7 Å². The highest BCUT2D eigenvalue weighted by molar-refractivity contribution is 5.87. The normalized spacial score (nSPS) is 22.3. The van der Waals surface area contributed by atoms with Crippen LogP contribution in [0.15, 0.2) is 30.3 Å². The number of rotatable bonds is 4. The molecule has 27 heavy (non-hydrogen) atoms. The van der Waals surface area contributed by atoms with E-state index in [2.05, 4.69) is 52.9 Å². The lowest BCUT2D eigenvalue weighted by Gasteiger charge is -2.39. The number of nitrogens with one attached hydrogen (secondary N) is 1. The Bertz CT molecular complexity index is 818. The van der Waals surface area contributed by atoms with Crippen LogP contribution in [0.1, 0.15) is 54.6 Å². The average Bonchev–Trinajstić information content (AvgIpc) is 3.15. The largest absolute Gasteiger partial charge is 0.350 e. The summed E-state index contributed by atoms with van der Waals surface area (Å²) in [6.45, 7) is 10.4. The fourth-order valence-electron chi connectivity index (χ4n) is 4.80. The fraction of sp³-hybridized carbons (Fsp3) is 0.545. The predicted octanol–water partition coefficient (Wildman–Crippen LogP) is 3.16. The Kier molecular flexibility index (Phi) is 4.81. The third-order valence-electron chi connectivity index (χ3n) is 6.53. The Morgan fingerprint density at radius 3 is 2.52 bits per heavy atom. The Labute approximate surface area is 161 Å². The van der Waals surface area contributed by atoms with Crippen molar-refractivity contribution < 1.29 is 4.79 Å². The SMILES string of the molecule is CCn1nc(C)c(CN2CCC3(CC2)C[C@H](c2ccccc2)C(=O)N3)c1C. The molecule has 1 spiro atoms. The van der Waals surface area contributed by atoms with Crippen LogP contribution < -0.4 is 5.32 Å². The van der Waals surface area contributed by atoms with Crippen molar-refractivity contribution in [3.05, 3.63) is 52.8 Å². The predicted molar refractivity (Wildman–Crippen MR) is 107 cm³/mol. The zero-order valence-corrected chi connectivity index (χ0v) is 16.7. The van der Waals surface area contributed by atoms with Crippen LogP contribution in [0.3, 0.4) is 0 Å². The lowest BCUT2D eigenvalue weighted by atomic mass is 9.82. The smallest absolute Gasteiger partial charge is 0.228 e. The number of amides is 1. The maximum atomic E-state index is 12.6. The van der Waals surface area contributed by atoms with Crippen molar-refractivity contribution in [2.45, 2.75) is 64.6 Å². The molecule has 5 heteroatoms. The first kappa shape index (κ1) is 18.2. The highest BCUT2D eigenvalue weighted by Crippen LogP contribution is 2.39. The number of aromatic nitrogens is 2. The van der Waals surface area contributed by atoms with Gasteiger partial charge in [-0.25, -0.2) is 0 Å². The summed E-state index contributed by atoms with van der Waals surface area (Å²) in [4.78, 5) is 15.1. The lowest BCUT2D eigenvalue weighted by molar-refractivity contribution is -0.121. The minimum atomic E-state index is -0.0220. The minimum absolute atomic E-state index is 0.00465. The number of likely N-dealkylation sites (tertiary alicyclic amines) is 1. The molecular formula is C22H30N4O. The molecule has 0 radical (unpaired) electrons. The second-order valence-electron chi connectivity index (χ2n) is 8.18. The fourth-order valence-corrected chi connectivity index (χ4v) is 4.80. The van der Waals surface area contributed by atoms with E-state index < -0.39 is 0 Å². The highest BCUT2D eigenvalue weighted by Gasteiger charge is 2.46. The Morgan fingerprint density at radius 2 is 1.89 bits per heavy atom. The molecule has 0 unspecified atom stereocenters. The molecule has 4 rings (SSSR count). The second kappa shape index (κ2) is 7.12. The molecule has 0 aliphatic carbocycles. The van der Waals surface area contributed by atoms with E-state index in [0.29, 0.717) is 0 Å². The van der Waals surface area contributed by atoms with Gasteiger partial charge >= 0.3 is 0 Å². The zero-order chi connectivity index (χ0) is 19.0. The quantitative estimate of drug-likeness (QED) is 0.904. The van der Waals surface area contributed by atoms with Gasteiger partial charge in [0.15, 0.2) is 0 Å². The van der Waals surface area contributed by atoms with E-state index in [9.17, 15) is 4.79 Å². The van der Waals surface area contributed by atoms with E-state index in [1.165, 1.54) is 11.3 Å². The highest BCUT2D eigenvalue weighted by atomic mass is 16.2. The van der Waals surface area contributed by atoms with Gasteiger partial charge in [0, 0.05) is 43.0 Å². The van der Waals surface area contributed by atoms with Crippen molar-refractivity contribution in [1.29, 1.82) is 0 Å². The zero-order valence-electron chi connectivity index (χ0n) is 16.7.